The Balaban J connectivity index is 2.15. The van der Waals surface area contributed by atoms with Gasteiger partial charge in [0.25, 0.3) is 5.56 Å². The van der Waals surface area contributed by atoms with Gasteiger partial charge in [-0.1, -0.05) is 0 Å². The molecule has 0 saturated heterocycles. The molecule has 2 aromatic rings. The molecule has 4 heteroatoms. The zero-order valence-electron chi connectivity index (χ0n) is 8.56. The van der Waals surface area contributed by atoms with Crippen molar-refractivity contribution in [3.8, 4) is 17.0 Å². The summed E-state index contributed by atoms with van der Waals surface area (Å²) in [5, 5.41) is 0. The molecule has 80 valence electrons. The number of rotatable bonds is 1. The zero-order valence-corrected chi connectivity index (χ0v) is 8.56. The van der Waals surface area contributed by atoms with E-state index in [2.05, 4.69) is 9.97 Å². The number of benzene rings is 1. The van der Waals surface area contributed by atoms with Crippen molar-refractivity contribution in [1.82, 2.24) is 9.97 Å². The molecule has 1 aliphatic rings. The van der Waals surface area contributed by atoms with Crippen LogP contribution < -0.4 is 10.3 Å². The Morgan fingerprint density at radius 2 is 2.31 bits per heavy atom. The summed E-state index contributed by atoms with van der Waals surface area (Å²) in [4.78, 5) is 18.3. The van der Waals surface area contributed by atoms with E-state index in [-0.39, 0.29) is 5.56 Å². The molecule has 0 fully saturated rings. The molecular weight excluding hydrogens is 204 g/mol. The van der Waals surface area contributed by atoms with Crippen LogP contribution in [-0.4, -0.2) is 16.6 Å². The molecule has 3 rings (SSSR count). The van der Waals surface area contributed by atoms with E-state index in [0.717, 1.165) is 29.9 Å². The predicted octanol–water partition coefficient (Wildman–Crippen LogP) is 1.37. The molecule has 0 saturated carbocycles. The van der Waals surface area contributed by atoms with Crippen LogP contribution in [0.15, 0.2) is 35.4 Å². The Morgan fingerprint density at radius 3 is 3.19 bits per heavy atom. The lowest BCUT2D eigenvalue weighted by Crippen LogP contribution is -2.09. The van der Waals surface area contributed by atoms with Crippen molar-refractivity contribution in [2.45, 2.75) is 6.42 Å². The number of H-pyrrole nitrogens is 1. The molecular formula is C12H10N2O2. The number of ether oxygens (including phenoxy) is 1. The Hall–Kier alpha value is -2.10. The van der Waals surface area contributed by atoms with E-state index >= 15 is 0 Å². The first-order valence-electron chi connectivity index (χ1n) is 5.14. The maximum atomic E-state index is 11.6. The first kappa shape index (κ1) is 9.15. The molecule has 4 nitrogen and oxygen atoms in total. The number of fused-ring (bicyclic) bond motifs is 1. The summed E-state index contributed by atoms with van der Waals surface area (Å²) in [5.41, 5.74) is 2.27. The van der Waals surface area contributed by atoms with Gasteiger partial charge in [0.05, 0.1) is 6.61 Å². The fraction of sp³-hybridized carbons (Fsp3) is 0.167. The third-order valence-electron chi connectivity index (χ3n) is 2.67. The van der Waals surface area contributed by atoms with E-state index in [1.54, 1.807) is 6.20 Å². The number of nitrogens with zero attached hydrogens (tertiary/aromatic N) is 1. The van der Waals surface area contributed by atoms with Gasteiger partial charge in [-0.3, -0.25) is 4.79 Å². The average molecular weight is 214 g/mol. The Kier molecular flexibility index (Phi) is 1.99. The highest BCUT2D eigenvalue weighted by molar-refractivity contribution is 5.61. The number of nitrogens with one attached hydrogen (secondary N) is 1. The summed E-state index contributed by atoms with van der Waals surface area (Å²) in [6.45, 7) is 0.720. The first-order valence-corrected chi connectivity index (χ1v) is 5.14. The van der Waals surface area contributed by atoms with Gasteiger partial charge >= 0.3 is 0 Å². The molecule has 1 aliphatic heterocycles. The molecule has 16 heavy (non-hydrogen) atoms. The van der Waals surface area contributed by atoms with Crippen LogP contribution in [0, 0.1) is 0 Å². The number of aromatic nitrogens is 2. The van der Waals surface area contributed by atoms with Gasteiger partial charge < -0.3 is 9.72 Å². The van der Waals surface area contributed by atoms with Gasteiger partial charge in [0.15, 0.2) is 0 Å². The lowest BCUT2D eigenvalue weighted by molar-refractivity contribution is 0.357. The van der Waals surface area contributed by atoms with Crippen LogP contribution in [0.3, 0.4) is 0 Å². The van der Waals surface area contributed by atoms with Crippen LogP contribution in [0.2, 0.25) is 0 Å². The largest absolute Gasteiger partial charge is 0.493 e. The van der Waals surface area contributed by atoms with Crippen LogP contribution in [-0.2, 0) is 6.42 Å². The molecule has 0 atom stereocenters. The van der Waals surface area contributed by atoms with Gasteiger partial charge in [-0.05, 0) is 23.8 Å². The van der Waals surface area contributed by atoms with Crippen molar-refractivity contribution in [1.29, 1.82) is 0 Å². The highest BCUT2D eigenvalue weighted by Gasteiger charge is 2.13. The van der Waals surface area contributed by atoms with E-state index in [9.17, 15) is 4.79 Å². The maximum Gasteiger partial charge on any atom is 0.274 e. The third kappa shape index (κ3) is 1.39. The fourth-order valence-electron chi connectivity index (χ4n) is 1.89. The van der Waals surface area contributed by atoms with Crippen LogP contribution in [0.5, 0.6) is 5.75 Å². The summed E-state index contributed by atoms with van der Waals surface area (Å²) in [5.74, 6) is 0.913. The summed E-state index contributed by atoms with van der Waals surface area (Å²) < 4.78 is 5.41. The zero-order chi connectivity index (χ0) is 11.0. The molecule has 1 N–H and O–H groups in total. The summed E-state index contributed by atoms with van der Waals surface area (Å²) in [6, 6.07) is 5.73. The Bertz CT molecular complexity index is 590. The molecule has 0 spiro atoms. The minimum atomic E-state index is -0.165. The molecule has 0 radical (unpaired) electrons. The van der Waals surface area contributed by atoms with Gasteiger partial charge in [-0.2, -0.15) is 0 Å². The van der Waals surface area contributed by atoms with E-state index in [0.29, 0.717) is 5.69 Å². The normalized spacial score (nSPS) is 13.2. The molecule has 2 heterocycles. The van der Waals surface area contributed by atoms with Gasteiger partial charge in [-0.25, -0.2) is 4.98 Å². The van der Waals surface area contributed by atoms with Crippen molar-refractivity contribution in [2.75, 3.05) is 6.61 Å². The lowest BCUT2D eigenvalue weighted by atomic mass is 10.1. The van der Waals surface area contributed by atoms with Crippen molar-refractivity contribution in [3.05, 3.63) is 46.5 Å². The fourth-order valence-corrected chi connectivity index (χ4v) is 1.89. The molecule has 0 amide bonds. The second kappa shape index (κ2) is 3.48. The van der Waals surface area contributed by atoms with Gasteiger partial charge in [0, 0.05) is 24.4 Å². The van der Waals surface area contributed by atoms with Gasteiger partial charge in [-0.15, -0.1) is 0 Å². The highest BCUT2D eigenvalue weighted by Crippen LogP contribution is 2.28. The second-order valence-electron chi connectivity index (χ2n) is 3.69. The average Bonchev–Trinajstić information content (AvgIpc) is 2.76. The van der Waals surface area contributed by atoms with E-state index in [4.69, 9.17) is 4.74 Å². The lowest BCUT2D eigenvalue weighted by Gasteiger charge is -2.02. The second-order valence-corrected chi connectivity index (χ2v) is 3.69. The Labute approximate surface area is 91.9 Å². The smallest absolute Gasteiger partial charge is 0.274 e. The van der Waals surface area contributed by atoms with Crippen LogP contribution in [0.4, 0.5) is 0 Å². The van der Waals surface area contributed by atoms with Gasteiger partial charge in [0.2, 0.25) is 0 Å². The van der Waals surface area contributed by atoms with Crippen LogP contribution in [0.1, 0.15) is 5.56 Å². The van der Waals surface area contributed by atoms with E-state index in [1.807, 2.05) is 18.2 Å². The van der Waals surface area contributed by atoms with Crippen LogP contribution in [0.25, 0.3) is 11.3 Å². The SMILES string of the molecule is O=c1[nH]ccnc1-c1ccc2c(c1)CCO2. The van der Waals surface area contributed by atoms with Crippen molar-refractivity contribution in [2.24, 2.45) is 0 Å². The number of hydrogen-bond acceptors (Lipinski definition) is 3. The molecule has 0 bridgehead atoms. The van der Waals surface area contributed by atoms with Crippen molar-refractivity contribution >= 4 is 0 Å². The van der Waals surface area contributed by atoms with Crippen molar-refractivity contribution in [3.63, 3.8) is 0 Å². The van der Waals surface area contributed by atoms with E-state index in [1.165, 1.54) is 6.20 Å². The maximum absolute atomic E-state index is 11.6. The predicted molar refractivity (Wildman–Crippen MR) is 59.5 cm³/mol. The summed E-state index contributed by atoms with van der Waals surface area (Å²) >= 11 is 0. The quantitative estimate of drug-likeness (QED) is 0.780. The molecule has 0 unspecified atom stereocenters. The van der Waals surface area contributed by atoms with Crippen LogP contribution >= 0.6 is 0 Å². The molecule has 1 aromatic carbocycles. The monoisotopic (exact) mass is 214 g/mol. The first-order chi connectivity index (χ1) is 7.84. The highest BCUT2D eigenvalue weighted by atomic mass is 16.5. The molecule has 1 aromatic heterocycles. The Morgan fingerprint density at radius 1 is 1.38 bits per heavy atom. The standard InChI is InChI=1S/C12H10N2O2/c15-12-11(13-4-5-14-12)9-1-2-10-8(7-9)3-6-16-10/h1-2,4-5,7H,3,6H2,(H,14,15). The minimum absolute atomic E-state index is 0.165. The van der Waals surface area contributed by atoms with Crippen molar-refractivity contribution < 1.29 is 4.74 Å². The number of aromatic amines is 1. The van der Waals surface area contributed by atoms with Gasteiger partial charge in [0.1, 0.15) is 11.4 Å². The number of hydrogen-bond donors (Lipinski definition) is 1. The summed E-state index contributed by atoms with van der Waals surface area (Å²) in [6.07, 6.45) is 4.01. The molecule has 0 aliphatic carbocycles. The third-order valence-corrected chi connectivity index (χ3v) is 2.67. The summed E-state index contributed by atoms with van der Waals surface area (Å²) in [7, 11) is 0. The minimum Gasteiger partial charge on any atom is -0.493 e. The topological polar surface area (TPSA) is 55.0 Å². The van der Waals surface area contributed by atoms with E-state index < -0.39 is 0 Å².